The molecule has 7 heteroatoms. The summed E-state index contributed by atoms with van der Waals surface area (Å²) in [6.45, 7) is 1.80. The van der Waals surface area contributed by atoms with Crippen molar-refractivity contribution >= 4 is 5.91 Å². The average Bonchev–Trinajstić information content (AvgIpc) is 2.93. The van der Waals surface area contributed by atoms with E-state index in [0.29, 0.717) is 0 Å². The van der Waals surface area contributed by atoms with Crippen molar-refractivity contribution < 1.29 is 9.53 Å². The quantitative estimate of drug-likeness (QED) is 0.832. The lowest BCUT2D eigenvalue weighted by Crippen LogP contribution is -2.49. The van der Waals surface area contributed by atoms with Crippen molar-refractivity contribution in [1.82, 2.24) is 20.2 Å². The summed E-state index contributed by atoms with van der Waals surface area (Å²) >= 11 is 0. The number of hydrogen-bond acceptors (Lipinski definition) is 5. The maximum Gasteiger partial charge on any atom is 0.347 e. The summed E-state index contributed by atoms with van der Waals surface area (Å²) in [4.78, 5) is 28.2. The number of piperidine rings is 1. The molecule has 1 spiro atoms. The number of benzene rings is 1. The normalized spacial score (nSPS) is 23.1. The first kappa shape index (κ1) is 17.9. The van der Waals surface area contributed by atoms with E-state index in [-0.39, 0.29) is 30.0 Å². The molecule has 1 aromatic carbocycles. The molecule has 0 radical (unpaired) electrons. The minimum absolute atomic E-state index is 0.0592. The molecule has 2 aliphatic rings. The predicted molar refractivity (Wildman–Crippen MR) is 100 cm³/mol. The van der Waals surface area contributed by atoms with Crippen molar-refractivity contribution in [2.24, 2.45) is 0 Å². The monoisotopic (exact) mass is 368 g/mol. The maximum atomic E-state index is 12.7. The molecule has 1 fully saturated rings. The number of amides is 1. The fraction of sp³-hybridized carbons (Fsp3) is 0.450. The molecule has 27 heavy (non-hydrogen) atoms. The van der Waals surface area contributed by atoms with E-state index >= 15 is 0 Å². The molecular formula is C20H24N4O3. The molecule has 2 N–H and O–H groups in total. The molecule has 4 rings (SSSR count). The van der Waals surface area contributed by atoms with Crippen LogP contribution in [0, 0.1) is 0 Å². The Balaban J connectivity index is 1.63. The van der Waals surface area contributed by atoms with Crippen LogP contribution in [0.15, 0.2) is 47.5 Å². The third kappa shape index (κ3) is 3.07. The van der Waals surface area contributed by atoms with Crippen molar-refractivity contribution in [3.63, 3.8) is 0 Å². The van der Waals surface area contributed by atoms with Crippen LogP contribution in [-0.4, -0.2) is 41.8 Å². The van der Waals surface area contributed by atoms with Crippen LogP contribution in [0.2, 0.25) is 0 Å². The van der Waals surface area contributed by atoms with Gasteiger partial charge in [0.15, 0.2) is 0 Å². The molecule has 1 aromatic heterocycles. The van der Waals surface area contributed by atoms with Gasteiger partial charge < -0.3 is 15.4 Å². The number of rotatable bonds is 4. The molecule has 1 amide bonds. The first-order valence-electron chi connectivity index (χ1n) is 9.29. The second-order valence-electron chi connectivity index (χ2n) is 7.23. The van der Waals surface area contributed by atoms with E-state index in [1.807, 2.05) is 6.07 Å². The summed E-state index contributed by atoms with van der Waals surface area (Å²) in [7, 11) is 1.71. The van der Waals surface area contributed by atoms with Crippen LogP contribution in [0.25, 0.3) is 0 Å². The van der Waals surface area contributed by atoms with E-state index in [4.69, 9.17) is 4.74 Å². The predicted octanol–water partition coefficient (Wildman–Crippen LogP) is 0.751. The lowest BCUT2D eigenvalue weighted by atomic mass is 9.72. The first-order valence-corrected chi connectivity index (χ1v) is 9.29. The highest BCUT2D eigenvalue weighted by Crippen LogP contribution is 2.51. The van der Waals surface area contributed by atoms with E-state index in [2.05, 4.69) is 33.8 Å². The van der Waals surface area contributed by atoms with Gasteiger partial charge in [0.05, 0.1) is 12.1 Å². The standard InChI is InChI=1S/C20H24N4O3/c1-27-18-17(23-16(25)13-24-12-4-9-22-19(24)26)14-5-2-3-6-15(14)20(18)7-10-21-11-8-20/h2-6,9,12,17-18,21H,7-8,10-11,13H2,1H3,(H,23,25)/t17-,18+/m1/s1. The van der Waals surface area contributed by atoms with Gasteiger partial charge in [-0.25, -0.2) is 9.78 Å². The van der Waals surface area contributed by atoms with Gasteiger partial charge in [-0.1, -0.05) is 24.3 Å². The van der Waals surface area contributed by atoms with E-state index in [1.54, 1.807) is 19.4 Å². The molecular weight excluding hydrogens is 344 g/mol. The summed E-state index contributed by atoms with van der Waals surface area (Å²) in [6, 6.07) is 9.68. The van der Waals surface area contributed by atoms with Crippen LogP contribution >= 0.6 is 0 Å². The second-order valence-corrected chi connectivity index (χ2v) is 7.23. The Morgan fingerprint density at radius 2 is 2.11 bits per heavy atom. The van der Waals surface area contributed by atoms with Crippen LogP contribution in [0.1, 0.15) is 30.0 Å². The Morgan fingerprint density at radius 3 is 2.85 bits per heavy atom. The molecule has 0 saturated carbocycles. The second kappa shape index (κ2) is 7.25. The molecule has 1 saturated heterocycles. The molecule has 142 valence electrons. The average molecular weight is 368 g/mol. The van der Waals surface area contributed by atoms with Crippen LogP contribution in [-0.2, 0) is 21.5 Å². The van der Waals surface area contributed by atoms with Crippen LogP contribution in [0.5, 0.6) is 0 Å². The highest BCUT2D eigenvalue weighted by Gasteiger charge is 2.53. The van der Waals surface area contributed by atoms with Gasteiger partial charge in [0.25, 0.3) is 0 Å². The van der Waals surface area contributed by atoms with Gasteiger partial charge in [0.2, 0.25) is 5.91 Å². The zero-order valence-electron chi connectivity index (χ0n) is 15.4. The third-order valence-corrected chi connectivity index (χ3v) is 5.84. The van der Waals surface area contributed by atoms with Gasteiger partial charge in [0.1, 0.15) is 6.54 Å². The molecule has 0 unspecified atom stereocenters. The molecule has 7 nitrogen and oxygen atoms in total. The van der Waals surface area contributed by atoms with Gasteiger partial charge in [-0.2, -0.15) is 0 Å². The number of ether oxygens (including phenoxy) is 1. The van der Waals surface area contributed by atoms with Crippen LogP contribution in [0.3, 0.4) is 0 Å². The minimum atomic E-state index is -0.433. The van der Waals surface area contributed by atoms with Gasteiger partial charge >= 0.3 is 5.69 Å². The molecule has 2 heterocycles. The van der Waals surface area contributed by atoms with Gasteiger partial charge in [-0.15, -0.1) is 0 Å². The van der Waals surface area contributed by atoms with E-state index in [0.717, 1.165) is 31.5 Å². The molecule has 2 atom stereocenters. The zero-order valence-corrected chi connectivity index (χ0v) is 15.4. The van der Waals surface area contributed by atoms with Gasteiger partial charge in [-0.3, -0.25) is 9.36 Å². The smallest absolute Gasteiger partial charge is 0.347 e. The fourth-order valence-corrected chi connectivity index (χ4v) is 4.68. The summed E-state index contributed by atoms with van der Waals surface area (Å²) in [5, 5.41) is 6.53. The first-order chi connectivity index (χ1) is 13.2. The van der Waals surface area contributed by atoms with Crippen molar-refractivity contribution in [3.05, 3.63) is 64.3 Å². The minimum Gasteiger partial charge on any atom is -0.378 e. The Hall–Kier alpha value is -2.51. The van der Waals surface area contributed by atoms with E-state index < -0.39 is 5.69 Å². The molecule has 1 aliphatic heterocycles. The number of aromatic nitrogens is 2. The summed E-state index contributed by atoms with van der Waals surface area (Å²) in [6.07, 6.45) is 4.80. The Kier molecular flexibility index (Phi) is 4.80. The van der Waals surface area contributed by atoms with E-state index in [1.165, 1.54) is 16.3 Å². The number of hydrogen-bond donors (Lipinski definition) is 2. The number of carbonyl (C=O) groups excluding carboxylic acids is 1. The topological polar surface area (TPSA) is 85.2 Å². The number of methoxy groups -OCH3 is 1. The highest BCUT2D eigenvalue weighted by atomic mass is 16.5. The van der Waals surface area contributed by atoms with Crippen molar-refractivity contribution in [1.29, 1.82) is 0 Å². The molecule has 1 aliphatic carbocycles. The summed E-state index contributed by atoms with van der Waals surface area (Å²) in [5.41, 5.74) is 1.84. The number of nitrogens with zero attached hydrogens (tertiary/aromatic N) is 2. The summed E-state index contributed by atoms with van der Waals surface area (Å²) < 4.78 is 7.25. The Bertz CT molecular complexity index is 889. The summed E-state index contributed by atoms with van der Waals surface area (Å²) in [5.74, 6) is -0.224. The van der Waals surface area contributed by atoms with Crippen LogP contribution < -0.4 is 16.3 Å². The van der Waals surface area contributed by atoms with Crippen molar-refractivity contribution in [2.45, 2.75) is 36.9 Å². The molecule has 2 aromatic rings. The maximum absolute atomic E-state index is 12.7. The lowest BCUT2D eigenvalue weighted by Gasteiger charge is -2.40. The van der Waals surface area contributed by atoms with Gasteiger partial charge in [0, 0.05) is 24.9 Å². The third-order valence-electron chi connectivity index (χ3n) is 5.84. The zero-order chi connectivity index (χ0) is 18.9. The van der Waals surface area contributed by atoms with Crippen molar-refractivity contribution in [2.75, 3.05) is 20.2 Å². The number of nitrogens with one attached hydrogen (secondary N) is 2. The number of fused-ring (bicyclic) bond motifs is 2. The van der Waals surface area contributed by atoms with Crippen LogP contribution in [0.4, 0.5) is 0 Å². The fourth-order valence-electron chi connectivity index (χ4n) is 4.68. The highest BCUT2D eigenvalue weighted by molar-refractivity contribution is 5.76. The largest absolute Gasteiger partial charge is 0.378 e. The Labute approximate surface area is 157 Å². The van der Waals surface area contributed by atoms with Gasteiger partial charge in [-0.05, 0) is 43.1 Å². The number of carbonyl (C=O) groups is 1. The van der Waals surface area contributed by atoms with Crippen molar-refractivity contribution in [3.8, 4) is 0 Å². The Morgan fingerprint density at radius 1 is 1.33 bits per heavy atom. The molecule has 0 bridgehead atoms. The van der Waals surface area contributed by atoms with E-state index in [9.17, 15) is 9.59 Å². The SMILES string of the molecule is CO[C@H]1[C@H](NC(=O)Cn2cccnc2=O)c2ccccc2C12CCNCC2. The lowest BCUT2D eigenvalue weighted by molar-refractivity contribution is -0.124.